The van der Waals surface area contributed by atoms with Crippen molar-refractivity contribution in [2.24, 2.45) is 5.41 Å². The molecule has 3 nitrogen and oxygen atoms in total. The van der Waals surface area contributed by atoms with Crippen LogP contribution >= 0.6 is 11.3 Å². The molecule has 0 spiro atoms. The van der Waals surface area contributed by atoms with E-state index in [1.54, 1.807) is 11.3 Å². The Morgan fingerprint density at radius 3 is 2.65 bits per heavy atom. The normalized spacial score (nSPS) is 21.0. The van der Waals surface area contributed by atoms with Gasteiger partial charge in [-0.2, -0.15) is 0 Å². The van der Waals surface area contributed by atoms with Crippen LogP contribution in [0.5, 0.6) is 0 Å². The Kier molecular flexibility index (Phi) is 3.10. The predicted molar refractivity (Wildman–Crippen MR) is 76.1 cm³/mol. The van der Waals surface area contributed by atoms with Gasteiger partial charge < -0.3 is 10.6 Å². The van der Waals surface area contributed by atoms with Crippen LogP contribution in [0.2, 0.25) is 0 Å². The molecule has 0 radical (unpaired) electrons. The Labute approximate surface area is 108 Å². The Morgan fingerprint density at radius 2 is 2.00 bits per heavy atom. The van der Waals surface area contributed by atoms with Gasteiger partial charge >= 0.3 is 0 Å². The third kappa shape index (κ3) is 2.28. The van der Waals surface area contributed by atoms with Crippen LogP contribution in [0.25, 0.3) is 0 Å². The molecule has 1 aliphatic rings. The van der Waals surface area contributed by atoms with Gasteiger partial charge in [0.05, 0.1) is 4.88 Å². The first-order valence-corrected chi connectivity index (χ1v) is 7.19. The Morgan fingerprint density at radius 1 is 1.29 bits per heavy atom. The zero-order valence-electron chi connectivity index (χ0n) is 11.5. The molecule has 1 aliphatic heterocycles. The summed E-state index contributed by atoms with van der Waals surface area (Å²) in [5.74, 6) is 1.09. The summed E-state index contributed by atoms with van der Waals surface area (Å²) in [6.45, 7) is 12.3. The van der Waals surface area contributed by atoms with Gasteiger partial charge in [-0.1, -0.05) is 38.5 Å². The Hall–Kier alpha value is -0.770. The zero-order valence-corrected chi connectivity index (χ0v) is 12.3. The minimum absolute atomic E-state index is 0.0407. The molecule has 2 bridgehead atoms. The van der Waals surface area contributed by atoms with Crippen molar-refractivity contribution in [1.82, 2.24) is 4.98 Å². The number of aryl methyl sites for hydroxylation is 1. The number of fused-ring (bicyclic) bond motifs is 2. The summed E-state index contributed by atoms with van der Waals surface area (Å²) in [5, 5.41) is 8.17. The molecule has 17 heavy (non-hydrogen) atoms. The second-order valence-corrected chi connectivity index (χ2v) is 7.11. The second-order valence-electron chi connectivity index (χ2n) is 6.03. The van der Waals surface area contributed by atoms with Crippen molar-refractivity contribution in [2.45, 2.75) is 53.0 Å². The highest BCUT2D eigenvalue weighted by Crippen LogP contribution is 2.39. The fourth-order valence-corrected chi connectivity index (χ4v) is 3.10. The number of thiazole rings is 1. The van der Waals surface area contributed by atoms with Gasteiger partial charge in [0.25, 0.3) is 0 Å². The molecule has 0 atom stereocenters. The minimum Gasteiger partial charge on any atom is -0.368 e. The highest BCUT2D eigenvalue weighted by Gasteiger charge is 2.39. The highest BCUT2D eigenvalue weighted by molar-refractivity contribution is 7.16. The highest BCUT2D eigenvalue weighted by atomic mass is 32.1. The topological polar surface area (TPSA) is 37.0 Å². The lowest BCUT2D eigenvalue weighted by Gasteiger charge is -2.43. The van der Waals surface area contributed by atoms with Gasteiger partial charge in [0.1, 0.15) is 5.82 Å². The fraction of sp³-hybridized carbons (Fsp3) is 0.769. The molecule has 0 fully saturated rings. The van der Waals surface area contributed by atoms with E-state index in [-0.39, 0.29) is 11.0 Å². The Balaban J connectivity index is 2.34. The third-order valence-electron chi connectivity index (χ3n) is 3.98. The van der Waals surface area contributed by atoms with E-state index in [4.69, 9.17) is 0 Å². The first kappa shape index (κ1) is 12.7. The summed E-state index contributed by atoms with van der Waals surface area (Å²) in [5.41, 5.74) is 0.223. The number of rotatable bonds is 2. The average Bonchev–Trinajstić information content (AvgIpc) is 2.57. The van der Waals surface area contributed by atoms with Crippen molar-refractivity contribution in [2.75, 3.05) is 17.2 Å². The van der Waals surface area contributed by atoms with Gasteiger partial charge in [0.2, 0.25) is 0 Å². The SMILES string of the molecule is CCCc1sc2nc1NCC(C)(C)C(C)(C)N2. The standard InChI is InChI=1S/C13H23N3S/c1-6-7-9-10-14-8-12(2,3)13(4,5)16-11(15-10)17-9/h14H,6-8H2,1-5H3,(H,15,16). The van der Waals surface area contributed by atoms with Crippen LogP contribution in [0.15, 0.2) is 0 Å². The first-order chi connectivity index (χ1) is 7.86. The zero-order chi connectivity index (χ0) is 12.7. The van der Waals surface area contributed by atoms with Crippen molar-refractivity contribution in [3.8, 4) is 0 Å². The van der Waals surface area contributed by atoms with Gasteiger partial charge in [-0.25, -0.2) is 4.98 Å². The molecule has 0 amide bonds. The van der Waals surface area contributed by atoms with E-state index in [0.717, 1.165) is 23.9 Å². The summed E-state index contributed by atoms with van der Waals surface area (Å²) >= 11 is 1.79. The molecular formula is C13H23N3S. The molecule has 4 heteroatoms. The molecule has 2 rings (SSSR count). The number of nitrogens with zero attached hydrogens (tertiary/aromatic N) is 1. The smallest absolute Gasteiger partial charge is 0.185 e. The molecule has 0 saturated carbocycles. The maximum Gasteiger partial charge on any atom is 0.185 e. The molecule has 0 saturated heterocycles. The molecular weight excluding hydrogens is 230 g/mol. The van der Waals surface area contributed by atoms with E-state index < -0.39 is 0 Å². The average molecular weight is 253 g/mol. The lowest BCUT2D eigenvalue weighted by molar-refractivity contribution is 0.240. The molecule has 2 N–H and O–H groups in total. The van der Waals surface area contributed by atoms with Gasteiger partial charge in [-0.15, -0.1) is 0 Å². The van der Waals surface area contributed by atoms with Crippen molar-refractivity contribution >= 4 is 22.3 Å². The van der Waals surface area contributed by atoms with Gasteiger partial charge in [0, 0.05) is 17.5 Å². The van der Waals surface area contributed by atoms with E-state index in [1.807, 2.05) is 0 Å². The number of nitrogens with one attached hydrogen (secondary N) is 2. The van der Waals surface area contributed by atoms with E-state index in [1.165, 1.54) is 11.3 Å². The van der Waals surface area contributed by atoms with Crippen molar-refractivity contribution in [3.05, 3.63) is 4.88 Å². The minimum atomic E-state index is 0.0407. The molecule has 0 unspecified atom stereocenters. The van der Waals surface area contributed by atoms with Crippen LogP contribution in [-0.2, 0) is 6.42 Å². The van der Waals surface area contributed by atoms with Gasteiger partial charge in [-0.3, -0.25) is 0 Å². The second kappa shape index (κ2) is 4.16. The van der Waals surface area contributed by atoms with Crippen LogP contribution in [0, 0.1) is 5.41 Å². The van der Waals surface area contributed by atoms with Crippen molar-refractivity contribution < 1.29 is 0 Å². The van der Waals surface area contributed by atoms with Crippen molar-refractivity contribution in [3.63, 3.8) is 0 Å². The maximum absolute atomic E-state index is 4.65. The summed E-state index contributed by atoms with van der Waals surface area (Å²) < 4.78 is 0. The molecule has 1 aromatic heterocycles. The first-order valence-electron chi connectivity index (χ1n) is 6.37. The maximum atomic E-state index is 4.65. The number of hydrogen-bond acceptors (Lipinski definition) is 4. The van der Waals surface area contributed by atoms with Gasteiger partial charge in [-0.05, 0) is 20.3 Å². The fourth-order valence-electron chi connectivity index (χ4n) is 1.90. The van der Waals surface area contributed by atoms with Crippen LogP contribution < -0.4 is 10.6 Å². The molecule has 0 aliphatic carbocycles. The predicted octanol–water partition coefficient (Wildman–Crippen LogP) is 3.74. The Bertz CT molecular complexity index is 407. The summed E-state index contributed by atoms with van der Waals surface area (Å²) in [6.07, 6.45) is 2.28. The molecule has 96 valence electrons. The van der Waals surface area contributed by atoms with E-state index >= 15 is 0 Å². The van der Waals surface area contributed by atoms with E-state index in [9.17, 15) is 0 Å². The van der Waals surface area contributed by atoms with Crippen LogP contribution in [0.1, 0.15) is 45.9 Å². The monoisotopic (exact) mass is 253 g/mol. The molecule has 2 heterocycles. The van der Waals surface area contributed by atoms with Crippen molar-refractivity contribution in [1.29, 1.82) is 0 Å². The lowest BCUT2D eigenvalue weighted by atomic mass is 9.74. The summed E-state index contributed by atoms with van der Waals surface area (Å²) in [7, 11) is 0. The number of anilines is 2. The van der Waals surface area contributed by atoms with Crippen LogP contribution in [-0.4, -0.2) is 17.1 Å². The van der Waals surface area contributed by atoms with Crippen LogP contribution in [0.4, 0.5) is 10.9 Å². The molecule has 1 aromatic rings. The van der Waals surface area contributed by atoms with E-state index in [0.29, 0.717) is 0 Å². The quantitative estimate of drug-likeness (QED) is 0.843. The van der Waals surface area contributed by atoms with Gasteiger partial charge in [0.15, 0.2) is 5.13 Å². The summed E-state index contributed by atoms with van der Waals surface area (Å²) in [6, 6.07) is 0. The van der Waals surface area contributed by atoms with E-state index in [2.05, 4.69) is 50.2 Å². The number of hydrogen-bond donors (Lipinski definition) is 2. The number of aromatic nitrogens is 1. The van der Waals surface area contributed by atoms with Crippen LogP contribution in [0.3, 0.4) is 0 Å². The summed E-state index contributed by atoms with van der Waals surface area (Å²) in [4.78, 5) is 6.02. The third-order valence-corrected chi connectivity index (χ3v) is 5.01. The largest absolute Gasteiger partial charge is 0.368 e. The lowest BCUT2D eigenvalue weighted by Crippen LogP contribution is -2.50. The molecule has 0 aromatic carbocycles.